The summed E-state index contributed by atoms with van der Waals surface area (Å²) in [6, 6.07) is 5.96. The van der Waals surface area contributed by atoms with Gasteiger partial charge < -0.3 is 16.0 Å². The van der Waals surface area contributed by atoms with Gasteiger partial charge in [0.15, 0.2) is 0 Å². The Hall–Kier alpha value is -1.97. The lowest BCUT2D eigenvalue weighted by Gasteiger charge is -2.32. The van der Waals surface area contributed by atoms with Crippen molar-refractivity contribution in [1.29, 1.82) is 0 Å². The topological polar surface area (TPSA) is 136 Å². The summed E-state index contributed by atoms with van der Waals surface area (Å²) in [5, 5.41) is 8.24. The maximum atomic E-state index is 12.7. The third-order valence-corrected chi connectivity index (χ3v) is 6.40. The van der Waals surface area contributed by atoms with E-state index in [2.05, 4.69) is 5.32 Å². The second-order valence-corrected chi connectivity index (χ2v) is 8.90. The second-order valence-electron chi connectivity index (χ2n) is 7.34. The third-order valence-electron chi connectivity index (χ3n) is 5.49. The van der Waals surface area contributed by atoms with E-state index in [4.69, 9.17) is 10.9 Å². The Morgan fingerprint density at radius 1 is 1.26 bits per heavy atom. The quantitative estimate of drug-likeness (QED) is 0.661. The molecule has 3 atom stereocenters. The van der Waals surface area contributed by atoms with Crippen molar-refractivity contribution < 1.29 is 18.0 Å². The van der Waals surface area contributed by atoms with Gasteiger partial charge in [0.05, 0.1) is 10.8 Å². The normalized spacial score (nSPS) is 26.2. The molecule has 0 bridgehead atoms. The van der Waals surface area contributed by atoms with Crippen LogP contribution in [0.4, 0.5) is 5.69 Å². The van der Waals surface area contributed by atoms with E-state index in [-0.39, 0.29) is 41.6 Å². The number of carbonyl (C=O) groups is 2. The second kappa shape index (κ2) is 7.95. The van der Waals surface area contributed by atoms with Gasteiger partial charge in [-0.15, -0.1) is 0 Å². The minimum atomic E-state index is -3.86. The largest absolute Gasteiger partial charge is 0.353 e. The molecule has 1 aliphatic carbocycles. The van der Waals surface area contributed by atoms with E-state index < -0.39 is 15.9 Å². The molecule has 3 rings (SSSR count). The predicted molar refractivity (Wildman–Crippen MR) is 101 cm³/mol. The maximum absolute atomic E-state index is 12.7. The summed E-state index contributed by atoms with van der Waals surface area (Å²) in [7, 11) is -3.86. The van der Waals surface area contributed by atoms with Gasteiger partial charge in [-0.25, -0.2) is 13.6 Å². The van der Waals surface area contributed by atoms with Crippen LogP contribution in [-0.2, 0) is 19.6 Å². The standard InChI is InChI=1S/C18H26N4O4S/c19-10-12-4-1-2-7-16(12)21-18(24)13-8-17(23)22(11-13)14-5-3-6-15(9-14)27(20,25)26/h3,5-6,9,12-13,16H,1-2,4,7-8,10-11,19H2,(H,21,24)(H2,20,25,26). The molecule has 0 spiro atoms. The molecular weight excluding hydrogens is 368 g/mol. The molecule has 2 fully saturated rings. The van der Waals surface area contributed by atoms with Crippen LogP contribution in [0, 0.1) is 11.8 Å². The van der Waals surface area contributed by atoms with Gasteiger partial charge in [0, 0.05) is 24.7 Å². The predicted octanol–water partition coefficient (Wildman–Crippen LogP) is 0.321. The molecular formula is C18H26N4O4S. The molecule has 1 aliphatic heterocycles. The van der Waals surface area contributed by atoms with Crippen molar-refractivity contribution >= 4 is 27.5 Å². The lowest BCUT2D eigenvalue weighted by atomic mass is 9.84. The molecule has 1 aromatic rings. The van der Waals surface area contributed by atoms with Gasteiger partial charge in [-0.1, -0.05) is 18.9 Å². The fourth-order valence-corrected chi connectivity index (χ4v) is 4.49. The molecule has 1 heterocycles. The molecule has 2 aliphatic rings. The average molecular weight is 394 g/mol. The van der Waals surface area contributed by atoms with Gasteiger partial charge in [-0.2, -0.15) is 0 Å². The molecule has 1 aromatic carbocycles. The molecule has 27 heavy (non-hydrogen) atoms. The first-order valence-corrected chi connectivity index (χ1v) is 10.8. The molecule has 148 valence electrons. The lowest BCUT2D eigenvalue weighted by Crippen LogP contribution is -2.47. The van der Waals surface area contributed by atoms with E-state index in [1.165, 1.54) is 23.1 Å². The zero-order valence-electron chi connectivity index (χ0n) is 15.1. The van der Waals surface area contributed by atoms with Crippen molar-refractivity contribution in [2.75, 3.05) is 18.0 Å². The number of rotatable bonds is 5. The summed E-state index contributed by atoms with van der Waals surface area (Å²) in [6.45, 7) is 0.764. The number of amides is 2. The molecule has 2 amide bonds. The lowest BCUT2D eigenvalue weighted by molar-refractivity contribution is -0.127. The van der Waals surface area contributed by atoms with Crippen LogP contribution in [0.15, 0.2) is 29.2 Å². The average Bonchev–Trinajstić information content (AvgIpc) is 3.03. The summed E-state index contributed by atoms with van der Waals surface area (Å²) in [4.78, 5) is 26.5. The van der Waals surface area contributed by atoms with E-state index in [0.717, 1.165) is 25.7 Å². The van der Waals surface area contributed by atoms with Crippen LogP contribution in [0.2, 0.25) is 0 Å². The van der Waals surface area contributed by atoms with Crippen molar-refractivity contribution in [3.05, 3.63) is 24.3 Å². The molecule has 1 saturated carbocycles. The molecule has 5 N–H and O–H groups in total. The first kappa shape index (κ1) is 19.8. The zero-order valence-corrected chi connectivity index (χ0v) is 16.0. The number of carbonyl (C=O) groups excluding carboxylic acids is 2. The highest BCUT2D eigenvalue weighted by Gasteiger charge is 2.37. The molecule has 0 radical (unpaired) electrons. The molecule has 3 unspecified atom stereocenters. The highest BCUT2D eigenvalue weighted by atomic mass is 32.2. The fourth-order valence-electron chi connectivity index (χ4n) is 3.94. The van der Waals surface area contributed by atoms with Crippen LogP contribution in [0.1, 0.15) is 32.1 Å². The van der Waals surface area contributed by atoms with Crippen molar-refractivity contribution in [3.63, 3.8) is 0 Å². The van der Waals surface area contributed by atoms with Crippen LogP contribution in [0.3, 0.4) is 0 Å². The Morgan fingerprint density at radius 3 is 2.70 bits per heavy atom. The fraction of sp³-hybridized carbons (Fsp3) is 0.556. The number of hydrogen-bond acceptors (Lipinski definition) is 5. The number of nitrogens with one attached hydrogen (secondary N) is 1. The zero-order chi connectivity index (χ0) is 19.6. The number of anilines is 1. The van der Waals surface area contributed by atoms with Crippen LogP contribution >= 0.6 is 0 Å². The Morgan fingerprint density at radius 2 is 2.00 bits per heavy atom. The number of sulfonamides is 1. The van der Waals surface area contributed by atoms with E-state index >= 15 is 0 Å². The summed E-state index contributed by atoms with van der Waals surface area (Å²) >= 11 is 0. The van der Waals surface area contributed by atoms with Gasteiger partial charge >= 0.3 is 0 Å². The number of hydrogen-bond donors (Lipinski definition) is 3. The summed E-state index contributed by atoms with van der Waals surface area (Å²) < 4.78 is 23.1. The number of primary sulfonamides is 1. The molecule has 1 saturated heterocycles. The SMILES string of the molecule is NCC1CCCCC1NC(=O)C1CC(=O)N(c2cccc(S(N)(=O)=O)c2)C1. The Balaban J connectivity index is 1.69. The van der Waals surface area contributed by atoms with Crippen molar-refractivity contribution in [2.45, 2.75) is 43.0 Å². The number of nitrogens with zero attached hydrogens (tertiary/aromatic N) is 1. The Labute approximate surface area is 159 Å². The number of nitrogens with two attached hydrogens (primary N) is 2. The van der Waals surface area contributed by atoms with Gasteiger partial charge in [0.25, 0.3) is 0 Å². The summed E-state index contributed by atoms with van der Waals surface area (Å²) in [5.41, 5.74) is 6.25. The maximum Gasteiger partial charge on any atom is 0.238 e. The summed E-state index contributed by atoms with van der Waals surface area (Å²) in [6.07, 6.45) is 4.22. The van der Waals surface area contributed by atoms with Crippen molar-refractivity contribution in [2.24, 2.45) is 22.7 Å². The Bertz CT molecular complexity index is 826. The highest BCUT2D eigenvalue weighted by Crippen LogP contribution is 2.28. The monoisotopic (exact) mass is 394 g/mol. The van der Waals surface area contributed by atoms with Crippen LogP contribution in [0.25, 0.3) is 0 Å². The van der Waals surface area contributed by atoms with E-state index in [1.807, 2.05) is 0 Å². The van der Waals surface area contributed by atoms with Gasteiger partial charge in [0.1, 0.15) is 0 Å². The van der Waals surface area contributed by atoms with Gasteiger partial charge in [-0.05, 0) is 43.5 Å². The van der Waals surface area contributed by atoms with Crippen LogP contribution in [0.5, 0.6) is 0 Å². The van der Waals surface area contributed by atoms with Gasteiger partial charge in [-0.3, -0.25) is 9.59 Å². The third kappa shape index (κ3) is 4.48. The van der Waals surface area contributed by atoms with Crippen LogP contribution in [-0.4, -0.2) is 39.4 Å². The molecule has 0 aromatic heterocycles. The highest BCUT2D eigenvalue weighted by molar-refractivity contribution is 7.89. The minimum Gasteiger partial charge on any atom is -0.353 e. The minimum absolute atomic E-state index is 0.0612. The smallest absolute Gasteiger partial charge is 0.238 e. The van der Waals surface area contributed by atoms with E-state index in [1.54, 1.807) is 6.07 Å². The summed E-state index contributed by atoms with van der Waals surface area (Å²) in [5.74, 6) is -0.530. The molecule has 9 heteroatoms. The first-order valence-electron chi connectivity index (χ1n) is 9.23. The van der Waals surface area contributed by atoms with E-state index in [9.17, 15) is 18.0 Å². The van der Waals surface area contributed by atoms with Crippen molar-refractivity contribution in [3.8, 4) is 0 Å². The first-order chi connectivity index (χ1) is 12.8. The molecule has 8 nitrogen and oxygen atoms in total. The van der Waals surface area contributed by atoms with Crippen LogP contribution < -0.4 is 21.1 Å². The van der Waals surface area contributed by atoms with E-state index in [0.29, 0.717) is 12.2 Å². The van der Waals surface area contributed by atoms with Gasteiger partial charge in [0.2, 0.25) is 21.8 Å². The van der Waals surface area contributed by atoms with Crippen molar-refractivity contribution in [1.82, 2.24) is 5.32 Å². The number of benzene rings is 1. The Kier molecular flexibility index (Phi) is 5.83.